The van der Waals surface area contributed by atoms with Gasteiger partial charge < -0.3 is 16.4 Å². The van der Waals surface area contributed by atoms with Crippen LogP contribution in [-0.2, 0) is 12.8 Å². The number of nitrogens with two attached hydrogens (primary N) is 1. The number of amides is 1. The van der Waals surface area contributed by atoms with Crippen LogP contribution in [0.4, 0.5) is 5.82 Å². The Labute approximate surface area is 125 Å². The van der Waals surface area contributed by atoms with Gasteiger partial charge in [0.25, 0.3) is 5.91 Å². The van der Waals surface area contributed by atoms with E-state index in [2.05, 4.69) is 22.5 Å². The number of carbonyl (C=O) groups excluding carboxylic acids is 1. The third-order valence-corrected chi connectivity index (χ3v) is 4.68. The van der Waals surface area contributed by atoms with Crippen molar-refractivity contribution in [3.05, 3.63) is 22.9 Å². The molecule has 0 bridgehead atoms. The molecule has 0 spiro atoms. The van der Waals surface area contributed by atoms with Gasteiger partial charge in [0.05, 0.1) is 5.56 Å². The second-order valence-corrected chi connectivity index (χ2v) is 6.65. The molecular formula is C16H24N4O. The molecular weight excluding hydrogens is 264 g/mol. The number of nitrogens with one attached hydrogen (secondary N) is 2. The maximum atomic E-state index is 11.7. The van der Waals surface area contributed by atoms with Crippen LogP contribution in [0.2, 0.25) is 0 Å². The Morgan fingerprint density at radius 2 is 2.33 bits per heavy atom. The van der Waals surface area contributed by atoms with E-state index in [0.29, 0.717) is 11.4 Å². The second-order valence-electron chi connectivity index (χ2n) is 6.65. The first-order valence-corrected chi connectivity index (χ1v) is 7.85. The number of rotatable bonds is 4. The van der Waals surface area contributed by atoms with Gasteiger partial charge in [-0.15, -0.1) is 0 Å². The Balaban J connectivity index is 1.79. The number of aryl methyl sites for hydroxylation is 2. The zero-order valence-electron chi connectivity index (χ0n) is 12.7. The molecule has 1 atom stereocenters. The smallest absolute Gasteiger partial charge is 0.252 e. The number of fused-ring (bicyclic) bond motifs is 1. The molecule has 0 saturated carbocycles. The largest absolute Gasteiger partial charge is 0.369 e. The molecule has 21 heavy (non-hydrogen) atoms. The fourth-order valence-electron chi connectivity index (χ4n) is 3.36. The highest BCUT2D eigenvalue weighted by Crippen LogP contribution is 2.28. The maximum absolute atomic E-state index is 11.7. The van der Waals surface area contributed by atoms with E-state index in [9.17, 15) is 4.79 Å². The number of aromatic nitrogens is 1. The van der Waals surface area contributed by atoms with Crippen LogP contribution in [0.5, 0.6) is 0 Å². The average Bonchev–Trinajstić information content (AvgIpc) is 2.92. The lowest BCUT2D eigenvalue weighted by Crippen LogP contribution is -2.42. The summed E-state index contributed by atoms with van der Waals surface area (Å²) in [5.41, 5.74) is 8.55. The molecule has 1 aromatic heterocycles. The SMILES string of the molecule is CC1(CNc2nc3c(cc2C(N)=O)CCC3)CCCNC1. The van der Waals surface area contributed by atoms with Crippen LogP contribution < -0.4 is 16.4 Å². The van der Waals surface area contributed by atoms with Crippen molar-refractivity contribution in [1.82, 2.24) is 10.3 Å². The standard InChI is InChI=1S/C16H24N4O/c1-16(6-3-7-18-9-16)10-19-15-12(14(17)21)8-11-4-2-5-13(11)20-15/h8,18H,2-7,9-10H2,1H3,(H2,17,21)(H,19,20). The molecule has 4 N–H and O–H groups in total. The van der Waals surface area contributed by atoms with Crippen LogP contribution in [0.15, 0.2) is 6.07 Å². The normalized spacial score (nSPS) is 24.6. The summed E-state index contributed by atoms with van der Waals surface area (Å²) in [7, 11) is 0. The molecule has 2 aliphatic rings. The summed E-state index contributed by atoms with van der Waals surface area (Å²) in [6.45, 7) is 5.17. The van der Waals surface area contributed by atoms with Gasteiger partial charge in [-0.2, -0.15) is 0 Å². The van der Waals surface area contributed by atoms with Crippen molar-refractivity contribution < 1.29 is 4.79 Å². The Kier molecular flexibility index (Phi) is 3.85. The van der Waals surface area contributed by atoms with Crippen molar-refractivity contribution in [2.24, 2.45) is 11.1 Å². The minimum atomic E-state index is -0.397. The van der Waals surface area contributed by atoms with Gasteiger partial charge in [-0.25, -0.2) is 4.98 Å². The second kappa shape index (κ2) is 5.64. The van der Waals surface area contributed by atoms with E-state index in [1.807, 2.05) is 6.07 Å². The molecule has 2 heterocycles. The minimum Gasteiger partial charge on any atom is -0.369 e. The molecule has 1 aliphatic heterocycles. The Morgan fingerprint density at radius 1 is 1.48 bits per heavy atom. The number of carbonyl (C=O) groups is 1. The number of hydrogen-bond donors (Lipinski definition) is 3. The van der Waals surface area contributed by atoms with Crippen molar-refractivity contribution in [3.63, 3.8) is 0 Å². The first kappa shape index (κ1) is 14.3. The average molecular weight is 288 g/mol. The third kappa shape index (κ3) is 3.02. The summed E-state index contributed by atoms with van der Waals surface area (Å²) in [5.74, 6) is 0.265. The maximum Gasteiger partial charge on any atom is 0.252 e. The first-order valence-electron chi connectivity index (χ1n) is 7.85. The molecule has 1 aromatic rings. The zero-order valence-corrected chi connectivity index (χ0v) is 12.7. The van der Waals surface area contributed by atoms with Crippen LogP contribution in [-0.4, -0.2) is 30.5 Å². The Bertz CT molecular complexity index is 549. The van der Waals surface area contributed by atoms with Crippen molar-refractivity contribution in [1.29, 1.82) is 0 Å². The summed E-state index contributed by atoms with van der Waals surface area (Å²) in [6, 6.07) is 1.93. The molecule has 1 amide bonds. The Morgan fingerprint density at radius 3 is 3.05 bits per heavy atom. The van der Waals surface area contributed by atoms with Gasteiger partial charge >= 0.3 is 0 Å². The summed E-state index contributed by atoms with van der Waals surface area (Å²) in [5, 5.41) is 6.82. The van der Waals surface area contributed by atoms with E-state index in [4.69, 9.17) is 5.73 Å². The summed E-state index contributed by atoms with van der Waals surface area (Å²) < 4.78 is 0. The van der Waals surface area contributed by atoms with Crippen molar-refractivity contribution in [3.8, 4) is 0 Å². The molecule has 1 saturated heterocycles. The third-order valence-electron chi connectivity index (χ3n) is 4.68. The van der Waals surface area contributed by atoms with Gasteiger partial charge in [-0.1, -0.05) is 6.92 Å². The van der Waals surface area contributed by atoms with Gasteiger partial charge in [0.2, 0.25) is 0 Å². The number of hydrogen-bond acceptors (Lipinski definition) is 4. The lowest BCUT2D eigenvalue weighted by atomic mass is 9.83. The topological polar surface area (TPSA) is 80.0 Å². The fraction of sp³-hybridized carbons (Fsp3) is 0.625. The predicted octanol–water partition coefficient (Wildman–Crippen LogP) is 1.47. The van der Waals surface area contributed by atoms with Crippen molar-refractivity contribution in [2.75, 3.05) is 25.0 Å². The Hall–Kier alpha value is -1.62. The molecule has 1 aliphatic carbocycles. The van der Waals surface area contributed by atoms with Crippen LogP contribution in [0.1, 0.15) is 47.8 Å². The van der Waals surface area contributed by atoms with E-state index < -0.39 is 5.91 Å². The van der Waals surface area contributed by atoms with E-state index in [0.717, 1.165) is 44.6 Å². The molecule has 0 aromatic carbocycles. The first-order chi connectivity index (χ1) is 10.1. The summed E-state index contributed by atoms with van der Waals surface area (Å²) >= 11 is 0. The molecule has 0 radical (unpaired) electrons. The number of piperidine rings is 1. The molecule has 1 unspecified atom stereocenters. The highest BCUT2D eigenvalue weighted by molar-refractivity contribution is 5.97. The zero-order chi connectivity index (χ0) is 14.9. The van der Waals surface area contributed by atoms with Gasteiger partial charge in [0.1, 0.15) is 5.82 Å². The number of nitrogens with zero attached hydrogens (tertiary/aromatic N) is 1. The minimum absolute atomic E-state index is 0.202. The van der Waals surface area contributed by atoms with E-state index in [1.54, 1.807) is 0 Å². The summed E-state index contributed by atoms with van der Waals surface area (Å²) in [4.78, 5) is 16.3. The number of pyridine rings is 1. The van der Waals surface area contributed by atoms with E-state index in [-0.39, 0.29) is 5.41 Å². The number of primary amides is 1. The van der Waals surface area contributed by atoms with Crippen LogP contribution in [0, 0.1) is 5.41 Å². The molecule has 5 nitrogen and oxygen atoms in total. The lowest BCUT2D eigenvalue weighted by Gasteiger charge is -2.34. The molecule has 114 valence electrons. The van der Waals surface area contributed by atoms with E-state index in [1.165, 1.54) is 18.4 Å². The molecule has 3 rings (SSSR count). The van der Waals surface area contributed by atoms with Gasteiger partial charge in [0, 0.05) is 18.8 Å². The van der Waals surface area contributed by atoms with Crippen molar-refractivity contribution >= 4 is 11.7 Å². The van der Waals surface area contributed by atoms with Crippen LogP contribution in [0.3, 0.4) is 0 Å². The number of anilines is 1. The van der Waals surface area contributed by atoms with E-state index >= 15 is 0 Å². The fourth-order valence-corrected chi connectivity index (χ4v) is 3.36. The molecule has 1 fully saturated rings. The lowest BCUT2D eigenvalue weighted by molar-refractivity contribution is 0.100. The molecule has 5 heteroatoms. The summed E-state index contributed by atoms with van der Waals surface area (Å²) in [6.07, 6.45) is 5.50. The predicted molar refractivity (Wildman–Crippen MR) is 83.5 cm³/mol. The quantitative estimate of drug-likeness (QED) is 0.784. The van der Waals surface area contributed by atoms with Crippen LogP contribution in [0.25, 0.3) is 0 Å². The van der Waals surface area contributed by atoms with Gasteiger partial charge in [-0.3, -0.25) is 4.79 Å². The van der Waals surface area contributed by atoms with Crippen molar-refractivity contribution in [2.45, 2.75) is 39.0 Å². The monoisotopic (exact) mass is 288 g/mol. The van der Waals surface area contributed by atoms with Gasteiger partial charge in [0.15, 0.2) is 0 Å². The van der Waals surface area contributed by atoms with Crippen LogP contribution >= 0.6 is 0 Å². The highest BCUT2D eigenvalue weighted by Gasteiger charge is 2.27. The van der Waals surface area contributed by atoms with Gasteiger partial charge in [-0.05, 0) is 55.7 Å². The highest BCUT2D eigenvalue weighted by atomic mass is 16.1.